The largest absolute Gasteiger partial charge is 0.368 e. The van der Waals surface area contributed by atoms with Crippen molar-refractivity contribution in [2.24, 2.45) is 0 Å². The van der Waals surface area contributed by atoms with Crippen molar-refractivity contribution in [3.8, 4) is 0 Å². The fourth-order valence-corrected chi connectivity index (χ4v) is 4.41. The number of hydrogen-bond acceptors (Lipinski definition) is 4. The summed E-state index contributed by atoms with van der Waals surface area (Å²) in [6, 6.07) is 17.5. The van der Waals surface area contributed by atoms with Crippen LogP contribution in [-0.2, 0) is 9.59 Å². The molecule has 2 aromatic rings. The normalized spacial score (nSPS) is 17.2. The molecule has 0 atom stereocenters. The fourth-order valence-electron chi connectivity index (χ4n) is 4.28. The average Bonchev–Trinajstić information content (AvgIpc) is 3.05. The van der Waals surface area contributed by atoms with Gasteiger partial charge in [0.25, 0.3) is 11.8 Å². The van der Waals surface area contributed by atoms with E-state index in [0.717, 1.165) is 37.9 Å². The Morgan fingerprint density at radius 1 is 0.806 bits per heavy atom. The minimum absolute atomic E-state index is 0.167. The molecule has 5 nitrogen and oxygen atoms in total. The Kier molecular flexibility index (Phi) is 6.62. The van der Waals surface area contributed by atoms with Crippen molar-refractivity contribution in [1.29, 1.82) is 0 Å². The van der Waals surface area contributed by atoms with E-state index in [4.69, 9.17) is 11.6 Å². The molecular formula is C25H28ClN3O2. The molecule has 0 N–H and O–H groups in total. The zero-order chi connectivity index (χ0) is 21.8. The molecule has 0 spiro atoms. The first-order valence-corrected chi connectivity index (χ1v) is 11.4. The highest BCUT2D eigenvalue weighted by molar-refractivity contribution is 6.36. The lowest BCUT2D eigenvalue weighted by atomic mass is 10.0. The van der Waals surface area contributed by atoms with E-state index in [0.29, 0.717) is 35.9 Å². The minimum Gasteiger partial charge on any atom is -0.368 e. The predicted octanol–water partition coefficient (Wildman–Crippen LogP) is 4.43. The van der Waals surface area contributed by atoms with E-state index in [9.17, 15) is 9.59 Å². The topological polar surface area (TPSA) is 43.9 Å². The van der Waals surface area contributed by atoms with Gasteiger partial charge in [-0.05, 0) is 36.2 Å². The number of anilines is 1. The number of carbonyl (C=O) groups excluding carboxylic acids is 2. The van der Waals surface area contributed by atoms with Crippen LogP contribution in [0.1, 0.15) is 31.7 Å². The van der Waals surface area contributed by atoms with Gasteiger partial charge in [0, 0.05) is 43.4 Å². The highest BCUT2D eigenvalue weighted by Crippen LogP contribution is 2.33. The predicted molar refractivity (Wildman–Crippen MR) is 125 cm³/mol. The van der Waals surface area contributed by atoms with E-state index >= 15 is 0 Å². The van der Waals surface area contributed by atoms with Gasteiger partial charge in [-0.3, -0.25) is 14.5 Å². The number of rotatable bonds is 7. The van der Waals surface area contributed by atoms with Crippen molar-refractivity contribution in [3.63, 3.8) is 0 Å². The zero-order valence-electron chi connectivity index (χ0n) is 17.9. The van der Waals surface area contributed by atoms with Crippen LogP contribution in [0.2, 0.25) is 5.02 Å². The van der Waals surface area contributed by atoms with Gasteiger partial charge in [0.15, 0.2) is 0 Å². The number of hydrogen-bond donors (Lipinski definition) is 0. The van der Waals surface area contributed by atoms with E-state index < -0.39 is 0 Å². The van der Waals surface area contributed by atoms with Crippen molar-refractivity contribution in [1.82, 2.24) is 9.80 Å². The lowest BCUT2D eigenvalue weighted by Crippen LogP contribution is -2.47. The number of unbranched alkanes of at least 4 members (excludes halogenated alkanes) is 2. The highest BCUT2D eigenvalue weighted by atomic mass is 35.5. The molecule has 162 valence electrons. The first-order chi connectivity index (χ1) is 15.1. The smallest absolute Gasteiger partial charge is 0.277 e. The molecule has 4 rings (SSSR count). The van der Waals surface area contributed by atoms with Gasteiger partial charge < -0.3 is 9.80 Å². The third-order valence-corrected chi connectivity index (χ3v) is 6.23. The summed E-state index contributed by atoms with van der Waals surface area (Å²) in [6.45, 7) is 5.59. The molecule has 0 aromatic heterocycles. The number of para-hydroxylation sites is 1. The molecule has 0 radical (unpaired) electrons. The molecule has 0 aliphatic carbocycles. The van der Waals surface area contributed by atoms with E-state index in [1.54, 1.807) is 12.1 Å². The molecule has 31 heavy (non-hydrogen) atoms. The number of halogens is 1. The van der Waals surface area contributed by atoms with Gasteiger partial charge in [0.05, 0.1) is 5.57 Å². The second kappa shape index (κ2) is 9.56. The van der Waals surface area contributed by atoms with Crippen LogP contribution in [0.5, 0.6) is 0 Å². The highest BCUT2D eigenvalue weighted by Gasteiger charge is 2.41. The van der Waals surface area contributed by atoms with Crippen molar-refractivity contribution >= 4 is 34.7 Å². The summed E-state index contributed by atoms with van der Waals surface area (Å²) in [5, 5.41) is 0.610. The monoisotopic (exact) mass is 437 g/mol. The van der Waals surface area contributed by atoms with Crippen LogP contribution in [0.15, 0.2) is 60.3 Å². The van der Waals surface area contributed by atoms with Gasteiger partial charge in [-0.2, -0.15) is 0 Å². The van der Waals surface area contributed by atoms with Crippen molar-refractivity contribution in [3.05, 3.63) is 70.9 Å². The number of carbonyl (C=O) groups is 2. The van der Waals surface area contributed by atoms with E-state index in [2.05, 4.69) is 28.9 Å². The molecule has 6 heteroatoms. The number of benzene rings is 2. The van der Waals surface area contributed by atoms with Gasteiger partial charge in [-0.1, -0.05) is 61.7 Å². The second-order valence-corrected chi connectivity index (χ2v) is 8.45. The third-order valence-electron chi connectivity index (χ3n) is 5.98. The van der Waals surface area contributed by atoms with Gasteiger partial charge in [0.1, 0.15) is 5.70 Å². The van der Waals surface area contributed by atoms with Crippen LogP contribution in [0, 0.1) is 0 Å². The fraction of sp³-hybridized carbons (Fsp3) is 0.360. The van der Waals surface area contributed by atoms with Crippen molar-refractivity contribution in [2.45, 2.75) is 26.2 Å². The van der Waals surface area contributed by atoms with E-state index in [1.165, 1.54) is 10.6 Å². The molecule has 2 amide bonds. The summed E-state index contributed by atoms with van der Waals surface area (Å²) >= 11 is 6.06. The third kappa shape index (κ3) is 4.47. The van der Waals surface area contributed by atoms with Gasteiger partial charge in [0.2, 0.25) is 0 Å². The Bertz CT molecular complexity index is 964. The van der Waals surface area contributed by atoms with Crippen LogP contribution < -0.4 is 4.90 Å². The van der Waals surface area contributed by atoms with Crippen molar-refractivity contribution < 1.29 is 9.59 Å². The Balaban J connectivity index is 1.60. The zero-order valence-corrected chi connectivity index (χ0v) is 18.6. The Morgan fingerprint density at radius 3 is 2.10 bits per heavy atom. The first-order valence-electron chi connectivity index (χ1n) is 11.0. The Morgan fingerprint density at radius 2 is 1.45 bits per heavy atom. The van der Waals surface area contributed by atoms with Gasteiger partial charge in [-0.25, -0.2) is 0 Å². The molecule has 0 unspecified atom stereocenters. The lowest BCUT2D eigenvalue weighted by Gasteiger charge is -2.37. The summed E-state index contributed by atoms with van der Waals surface area (Å²) in [5.74, 6) is -0.358. The molecule has 0 saturated carbocycles. The summed E-state index contributed by atoms with van der Waals surface area (Å²) in [6.07, 6.45) is 2.87. The minimum atomic E-state index is -0.191. The van der Waals surface area contributed by atoms with Crippen LogP contribution >= 0.6 is 11.6 Å². The van der Waals surface area contributed by atoms with E-state index in [-0.39, 0.29) is 11.8 Å². The van der Waals surface area contributed by atoms with Crippen LogP contribution in [0.4, 0.5) is 5.69 Å². The SMILES string of the molecule is CCCCCN1C(=O)C(c2ccc(Cl)cc2)=C(N2CCN(c3ccccc3)CC2)C1=O. The Labute approximate surface area is 188 Å². The summed E-state index contributed by atoms with van der Waals surface area (Å²) in [4.78, 5) is 32.5. The maximum absolute atomic E-state index is 13.4. The molecule has 2 aliphatic rings. The lowest BCUT2D eigenvalue weighted by molar-refractivity contribution is -0.137. The molecule has 1 fully saturated rings. The van der Waals surface area contributed by atoms with Crippen molar-refractivity contribution in [2.75, 3.05) is 37.6 Å². The van der Waals surface area contributed by atoms with Gasteiger partial charge in [-0.15, -0.1) is 0 Å². The van der Waals surface area contributed by atoms with Crippen LogP contribution in [-0.4, -0.2) is 54.3 Å². The maximum Gasteiger partial charge on any atom is 0.277 e. The summed E-state index contributed by atoms with van der Waals surface area (Å²) < 4.78 is 0. The summed E-state index contributed by atoms with van der Waals surface area (Å²) in [7, 11) is 0. The molecular weight excluding hydrogens is 410 g/mol. The average molecular weight is 438 g/mol. The number of imide groups is 1. The van der Waals surface area contributed by atoms with Crippen LogP contribution in [0.25, 0.3) is 5.57 Å². The summed E-state index contributed by atoms with van der Waals surface area (Å²) in [5.41, 5.74) is 2.98. The molecule has 2 aromatic carbocycles. The van der Waals surface area contributed by atoms with Crippen LogP contribution in [0.3, 0.4) is 0 Å². The Hall–Kier alpha value is -2.79. The first kappa shape index (κ1) is 21.4. The molecule has 1 saturated heterocycles. The maximum atomic E-state index is 13.4. The molecule has 2 heterocycles. The number of amides is 2. The second-order valence-electron chi connectivity index (χ2n) is 8.01. The van der Waals surface area contributed by atoms with E-state index in [1.807, 2.05) is 30.3 Å². The number of piperazine rings is 1. The number of nitrogens with zero attached hydrogens (tertiary/aromatic N) is 3. The standard InChI is InChI=1S/C25H28ClN3O2/c1-2-3-7-14-29-24(30)22(19-10-12-20(26)13-11-19)23(25(29)31)28-17-15-27(16-18-28)21-8-5-4-6-9-21/h4-6,8-13H,2-3,7,14-18H2,1H3. The molecule has 2 aliphatic heterocycles. The van der Waals surface area contributed by atoms with Gasteiger partial charge >= 0.3 is 0 Å². The quantitative estimate of drug-likeness (QED) is 0.474. The molecule has 0 bridgehead atoms.